The Morgan fingerprint density at radius 2 is 2.07 bits per heavy atom. The number of nitrogens with two attached hydrogens (primary N) is 1. The fourth-order valence-corrected chi connectivity index (χ4v) is 1.53. The van der Waals surface area contributed by atoms with Crippen molar-refractivity contribution in [2.45, 2.75) is 26.2 Å². The Morgan fingerprint density at radius 3 is 2.71 bits per heavy atom. The molecule has 0 aliphatic heterocycles. The molecule has 1 rings (SSSR count). The molecule has 1 aromatic rings. The van der Waals surface area contributed by atoms with Crippen molar-refractivity contribution in [3.05, 3.63) is 35.4 Å². The second kappa shape index (κ2) is 5.55. The van der Waals surface area contributed by atoms with Gasteiger partial charge in [0.15, 0.2) is 5.78 Å². The second-order valence-corrected chi connectivity index (χ2v) is 3.37. The minimum absolute atomic E-state index is 0.233. The summed E-state index contributed by atoms with van der Waals surface area (Å²) in [6.07, 6.45) is 2.31. The average molecular weight is 191 g/mol. The molecule has 0 unspecified atom stereocenters. The number of rotatable bonds is 5. The lowest BCUT2D eigenvalue weighted by atomic mass is 9.99. The van der Waals surface area contributed by atoms with Crippen LogP contribution in [-0.4, -0.2) is 12.3 Å². The predicted octanol–water partition coefficient (Wildman–Crippen LogP) is 2.17. The Hall–Kier alpha value is -1.15. The van der Waals surface area contributed by atoms with E-state index in [-0.39, 0.29) is 5.78 Å². The van der Waals surface area contributed by atoms with E-state index >= 15 is 0 Å². The summed E-state index contributed by atoms with van der Waals surface area (Å²) in [5.74, 6) is 0.233. The van der Waals surface area contributed by atoms with Gasteiger partial charge in [0.2, 0.25) is 0 Å². The van der Waals surface area contributed by atoms with Gasteiger partial charge in [0, 0.05) is 12.0 Å². The van der Waals surface area contributed by atoms with Crippen molar-refractivity contribution >= 4 is 5.78 Å². The van der Waals surface area contributed by atoms with Crippen LogP contribution in [0.15, 0.2) is 24.3 Å². The zero-order valence-electron chi connectivity index (χ0n) is 8.62. The average Bonchev–Trinajstić information content (AvgIpc) is 2.19. The number of ketones is 1. The smallest absolute Gasteiger partial charge is 0.163 e. The number of hydrogen-bond donors (Lipinski definition) is 1. The third-order valence-electron chi connectivity index (χ3n) is 2.21. The van der Waals surface area contributed by atoms with Crippen LogP contribution in [0.3, 0.4) is 0 Å². The topological polar surface area (TPSA) is 43.1 Å². The molecule has 76 valence electrons. The molecule has 14 heavy (non-hydrogen) atoms. The summed E-state index contributed by atoms with van der Waals surface area (Å²) < 4.78 is 0. The number of Topliss-reactive ketones (excluding diaryl/α,β-unsaturated/α-hetero) is 1. The van der Waals surface area contributed by atoms with Crippen molar-refractivity contribution in [1.82, 2.24) is 0 Å². The summed E-state index contributed by atoms with van der Waals surface area (Å²) in [5.41, 5.74) is 7.42. The zero-order valence-corrected chi connectivity index (χ0v) is 8.62. The molecule has 0 saturated heterocycles. The molecule has 0 aliphatic carbocycles. The quantitative estimate of drug-likeness (QED) is 0.725. The van der Waals surface area contributed by atoms with Crippen molar-refractivity contribution in [1.29, 1.82) is 0 Å². The van der Waals surface area contributed by atoms with Crippen LogP contribution in [0.25, 0.3) is 0 Å². The molecular weight excluding hydrogens is 174 g/mol. The summed E-state index contributed by atoms with van der Waals surface area (Å²) in [7, 11) is 0. The lowest BCUT2D eigenvalue weighted by molar-refractivity contribution is 0.0981. The molecule has 0 spiro atoms. The number of hydrogen-bond acceptors (Lipinski definition) is 2. The Bertz CT molecular complexity index is 307. The van der Waals surface area contributed by atoms with Crippen LogP contribution in [0.4, 0.5) is 0 Å². The molecule has 0 atom stereocenters. The highest BCUT2D eigenvalue weighted by Gasteiger charge is 2.08. The second-order valence-electron chi connectivity index (χ2n) is 3.37. The van der Waals surface area contributed by atoms with Crippen LogP contribution in [-0.2, 0) is 6.42 Å². The van der Waals surface area contributed by atoms with E-state index < -0.39 is 0 Å². The standard InChI is InChI=1S/C12H17NO/c1-2-5-12(14)11-7-4-3-6-10(11)8-9-13/h3-4,6-7H,2,5,8-9,13H2,1H3. The highest BCUT2D eigenvalue weighted by atomic mass is 16.1. The lowest BCUT2D eigenvalue weighted by Gasteiger charge is -2.06. The van der Waals surface area contributed by atoms with E-state index in [0.29, 0.717) is 13.0 Å². The molecule has 0 aliphatic rings. The first kappa shape index (κ1) is 10.9. The Morgan fingerprint density at radius 1 is 1.36 bits per heavy atom. The highest BCUT2D eigenvalue weighted by Crippen LogP contribution is 2.12. The van der Waals surface area contributed by atoms with E-state index in [2.05, 4.69) is 0 Å². The van der Waals surface area contributed by atoms with Gasteiger partial charge in [0.25, 0.3) is 0 Å². The molecule has 0 aromatic heterocycles. The van der Waals surface area contributed by atoms with Gasteiger partial charge in [-0.05, 0) is 24.9 Å². The highest BCUT2D eigenvalue weighted by molar-refractivity contribution is 5.97. The van der Waals surface area contributed by atoms with Gasteiger partial charge in [0.1, 0.15) is 0 Å². The van der Waals surface area contributed by atoms with Gasteiger partial charge in [-0.3, -0.25) is 4.79 Å². The third-order valence-corrected chi connectivity index (χ3v) is 2.21. The maximum absolute atomic E-state index is 11.7. The molecule has 0 amide bonds. The molecule has 2 N–H and O–H groups in total. The van der Waals surface area contributed by atoms with E-state index in [1.807, 2.05) is 31.2 Å². The summed E-state index contributed by atoms with van der Waals surface area (Å²) in [4.78, 5) is 11.7. The molecule has 0 radical (unpaired) electrons. The van der Waals surface area contributed by atoms with Crippen molar-refractivity contribution in [2.24, 2.45) is 5.73 Å². The first-order chi connectivity index (χ1) is 6.79. The fraction of sp³-hybridized carbons (Fsp3) is 0.417. The maximum Gasteiger partial charge on any atom is 0.163 e. The molecule has 2 nitrogen and oxygen atoms in total. The van der Waals surface area contributed by atoms with Crippen molar-refractivity contribution in [3.63, 3.8) is 0 Å². The van der Waals surface area contributed by atoms with Crippen LogP contribution in [0, 0.1) is 0 Å². The van der Waals surface area contributed by atoms with Gasteiger partial charge in [0.05, 0.1) is 0 Å². The van der Waals surface area contributed by atoms with E-state index in [4.69, 9.17) is 5.73 Å². The van der Waals surface area contributed by atoms with Crippen molar-refractivity contribution < 1.29 is 4.79 Å². The molecule has 0 saturated carbocycles. The minimum atomic E-state index is 0.233. The van der Waals surface area contributed by atoms with E-state index in [9.17, 15) is 4.79 Å². The molecule has 1 aromatic carbocycles. The Balaban J connectivity index is 2.88. The lowest BCUT2D eigenvalue weighted by Crippen LogP contribution is -2.08. The van der Waals surface area contributed by atoms with Gasteiger partial charge in [-0.25, -0.2) is 0 Å². The molecule has 0 fully saturated rings. The van der Waals surface area contributed by atoms with Gasteiger partial charge in [-0.2, -0.15) is 0 Å². The third kappa shape index (κ3) is 2.67. The van der Waals surface area contributed by atoms with Crippen molar-refractivity contribution in [3.8, 4) is 0 Å². The first-order valence-electron chi connectivity index (χ1n) is 5.10. The van der Waals surface area contributed by atoms with Gasteiger partial charge < -0.3 is 5.73 Å². The molecule has 2 heteroatoms. The monoisotopic (exact) mass is 191 g/mol. The summed E-state index contributed by atoms with van der Waals surface area (Å²) >= 11 is 0. The minimum Gasteiger partial charge on any atom is -0.330 e. The van der Waals surface area contributed by atoms with Crippen LogP contribution >= 0.6 is 0 Å². The van der Waals surface area contributed by atoms with Crippen LogP contribution in [0.5, 0.6) is 0 Å². The predicted molar refractivity (Wildman–Crippen MR) is 58.4 cm³/mol. The SMILES string of the molecule is CCCC(=O)c1ccccc1CCN. The van der Waals surface area contributed by atoms with E-state index in [1.54, 1.807) is 0 Å². The molecule has 0 heterocycles. The number of carbonyl (C=O) groups is 1. The van der Waals surface area contributed by atoms with Crippen LogP contribution in [0.2, 0.25) is 0 Å². The summed E-state index contributed by atoms with van der Waals surface area (Å²) in [6, 6.07) is 7.73. The summed E-state index contributed by atoms with van der Waals surface area (Å²) in [6.45, 7) is 2.61. The Labute approximate surface area is 85.1 Å². The molecular formula is C12H17NO. The van der Waals surface area contributed by atoms with E-state index in [0.717, 1.165) is 24.0 Å². The number of benzene rings is 1. The zero-order chi connectivity index (χ0) is 10.4. The Kier molecular flexibility index (Phi) is 4.33. The van der Waals surface area contributed by atoms with E-state index in [1.165, 1.54) is 0 Å². The van der Waals surface area contributed by atoms with Gasteiger partial charge in [-0.15, -0.1) is 0 Å². The molecule has 0 bridgehead atoms. The summed E-state index contributed by atoms with van der Waals surface area (Å²) in [5, 5.41) is 0. The fourth-order valence-electron chi connectivity index (χ4n) is 1.53. The van der Waals surface area contributed by atoms with Gasteiger partial charge >= 0.3 is 0 Å². The van der Waals surface area contributed by atoms with Crippen molar-refractivity contribution in [2.75, 3.05) is 6.54 Å². The first-order valence-corrected chi connectivity index (χ1v) is 5.10. The van der Waals surface area contributed by atoms with Crippen LogP contribution < -0.4 is 5.73 Å². The van der Waals surface area contributed by atoms with Gasteiger partial charge in [-0.1, -0.05) is 31.2 Å². The largest absolute Gasteiger partial charge is 0.330 e. The normalized spacial score (nSPS) is 10.1. The van der Waals surface area contributed by atoms with Crippen LogP contribution in [0.1, 0.15) is 35.7 Å². The maximum atomic E-state index is 11.7. The number of carbonyl (C=O) groups excluding carboxylic acids is 1.